The van der Waals surface area contributed by atoms with Gasteiger partial charge in [-0.15, -0.1) is 0 Å². The smallest absolute Gasteiger partial charge is 0.103 e. The van der Waals surface area contributed by atoms with Crippen LogP contribution in [0.5, 0.6) is 0 Å². The van der Waals surface area contributed by atoms with Crippen molar-refractivity contribution >= 4 is 0 Å². The molecule has 1 heterocycles. The number of hydrogen-bond acceptors (Lipinski definition) is 9. The minimum absolute atomic E-state index is 0.0589. The highest BCUT2D eigenvalue weighted by atomic mass is 16.4. The topological polar surface area (TPSA) is 159 Å². The van der Waals surface area contributed by atoms with Crippen molar-refractivity contribution < 1.29 is 30.6 Å². The van der Waals surface area contributed by atoms with Crippen LogP contribution in [0.4, 0.5) is 0 Å². The monoisotopic (exact) mass is 359 g/mol. The van der Waals surface area contributed by atoms with Gasteiger partial charge >= 0.3 is 0 Å². The predicted octanol–water partition coefficient (Wildman–Crippen LogP) is -2.12. The largest absolute Gasteiger partial charge is 0.395 e. The number of aromatic nitrogens is 2. The Hall–Kier alpha value is -1.20. The SMILES string of the molecule is CCC[C@H](N[C@@H](CO)[C@H](O)CO)c1cnc(C[C@H](O)[C@H](O)CO)cn1. The lowest BCUT2D eigenvalue weighted by Gasteiger charge is -2.26. The summed E-state index contributed by atoms with van der Waals surface area (Å²) in [6, 6.07) is -0.956. The van der Waals surface area contributed by atoms with E-state index < -0.39 is 37.6 Å². The molecule has 5 atom stereocenters. The zero-order valence-electron chi connectivity index (χ0n) is 14.4. The number of nitrogens with one attached hydrogen (secondary N) is 1. The lowest BCUT2D eigenvalue weighted by atomic mass is 10.0. The maximum atomic E-state index is 9.72. The molecular weight excluding hydrogens is 330 g/mol. The molecule has 0 aromatic carbocycles. The molecule has 1 rings (SSSR count). The molecule has 0 unspecified atom stereocenters. The van der Waals surface area contributed by atoms with E-state index in [9.17, 15) is 20.4 Å². The Balaban J connectivity index is 2.80. The Bertz CT molecular complexity index is 475. The standard InChI is InChI=1S/C16H29N3O6/c1-2-3-11(19-13(7-20)15(24)8-21)12-6-17-10(5-18-12)4-14(23)16(25)9-22/h5-6,11,13-16,19-25H,2-4,7-9H2,1H3/t11-,13-,14-,15+,16+/m0/s1. The first-order chi connectivity index (χ1) is 12.0. The van der Waals surface area contributed by atoms with Crippen LogP contribution in [0.15, 0.2) is 12.4 Å². The highest BCUT2D eigenvalue weighted by Crippen LogP contribution is 2.17. The first-order valence-corrected chi connectivity index (χ1v) is 8.40. The number of nitrogens with zero attached hydrogens (tertiary/aromatic N) is 2. The van der Waals surface area contributed by atoms with Crippen molar-refractivity contribution in [1.29, 1.82) is 0 Å². The summed E-state index contributed by atoms with van der Waals surface area (Å²) in [5.41, 5.74) is 1.07. The first kappa shape index (κ1) is 21.8. The van der Waals surface area contributed by atoms with Crippen LogP contribution in [0.25, 0.3) is 0 Å². The van der Waals surface area contributed by atoms with Crippen LogP contribution in [0, 0.1) is 0 Å². The summed E-state index contributed by atoms with van der Waals surface area (Å²) >= 11 is 0. The van der Waals surface area contributed by atoms with Gasteiger partial charge in [-0.05, 0) is 6.42 Å². The van der Waals surface area contributed by atoms with Crippen molar-refractivity contribution in [2.24, 2.45) is 0 Å². The maximum absolute atomic E-state index is 9.72. The van der Waals surface area contributed by atoms with E-state index in [1.165, 1.54) is 12.4 Å². The quantitative estimate of drug-likeness (QED) is 0.221. The molecule has 1 aromatic rings. The van der Waals surface area contributed by atoms with Crippen LogP contribution < -0.4 is 5.32 Å². The van der Waals surface area contributed by atoms with E-state index in [1.54, 1.807) is 0 Å². The van der Waals surface area contributed by atoms with E-state index in [2.05, 4.69) is 15.3 Å². The summed E-state index contributed by atoms with van der Waals surface area (Å²) in [5.74, 6) is 0. The zero-order valence-corrected chi connectivity index (χ0v) is 14.4. The molecule has 0 aliphatic heterocycles. The molecule has 144 valence electrons. The second-order valence-electron chi connectivity index (χ2n) is 6.00. The molecule has 0 amide bonds. The van der Waals surface area contributed by atoms with Gasteiger partial charge in [0.2, 0.25) is 0 Å². The fraction of sp³-hybridized carbons (Fsp3) is 0.750. The van der Waals surface area contributed by atoms with Crippen molar-refractivity contribution in [2.75, 3.05) is 19.8 Å². The number of hydrogen-bond donors (Lipinski definition) is 7. The van der Waals surface area contributed by atoms with E-state index in [0.717, 1.165) is 6.42 Å². The van der Waals surface area contributed by atoms with Crippen molar-refractivity contribution in [2.45, 2.75) is 56.6 Å². The molecule has 1 aromatic heterocycles. The molecule has 0 saturated heterocycles. The average molecular weight is 359 g/mol. The zero-order chi connectivity index (χ0) is 18.8. The van der Waals surface area contributed by atoms with Crippen LogP contribution in [-0.2, 0) is 6.42 Å². The number of aliphatic hydroxyl groups is 6. The van der Waals surface area contributed by atoms with Crippen molar-refractivity contribution in [3.63, 3.8) is 0 Å². The third kappa shape index (κ3) is 6.90. The summed E-state index contributed by atoms with van der Waals surface area (Å²) in [5, 5.41) is 59.1. The van der Waals surface area contributed by atoms with Crippen LogP contribution in [0.1, 0.15) is 37.2 Å². The van der Waals surface area contributed by atoms with E-state index in [-0.39, 0.29) is 19.1 Å². The van der Waals surface area contributed by atoms with Gasteiger partial charge in [0, 0.05) is 12.6 Å². The van der Waals surface area contributed by atoms with Gasteiger partial charge < -0.3 is 36.0 Å². The Morgan fingerprint density at radius 1 is 0.920 bits per heavy atom. The fourth-order valence-electron chi connectivity index (χ4n) is 2.40. The van der Waals surface area contributed by atoms with Crippen LogP contribution in [-0.4, -0.2) is 84.8 Å². The van der Waals surface area contributed by atoms with Crippen molar-refractivity contribution in [1.82, 2.24) is 15.3 Å². The van der Waals surface area contributed by atoms with E-state index in [1.807, 2.05) is 6.92 Å². The van der Waals surface area contributed by atoms with Crippen molar-refractivity contribution in [3.05, 3.63) is 23.8 Å². The summed E-state index contributed by atoms with van der Waals surface area (Å²) in [6.45, 7) is 0.649. The van der Waals surface area contributed by atoms with Gasteiger partial charge in [0.1, 0.15) is 6.10 Å². The van der Waals surface area contributed by atoms with Gasteiger partial charge in [0.25, 0.3) is 0 Å². The average Bonchev–Trinajstić information content (AvgIpc) is 2.64. The summed E-state index contributed by atoms with van der Waals surface area (Å²) in [4.78, 5) is 8.51. The Kier molecular flexibility index (Phi) is 9.98. The van der Waals surface area contributed by atoms with Crippen LogP contribution in [0.3, 0.4) is 0 Å². The second kappa shape index (κ2) is 11.4. The second-order valence-corrected chi connectivity index (χ2v) is 6.00. The highest BCUT2D eigenvalue weighted by Gasteiger charge is 2.23. The molecule has 0 spiro atoms. The van der Waals surface area contributed by atoms with E-state index in [4.69, 9.17) is 10.2 Å². The Morgan fingerprint density at radius 3 is 2.08 bits per heavy atom. The van der Waals surface area contributed by atoms with Gasteiger partial charge in [-0.3, -0.25) is 9.97 Å². The molecule has 0 fully saturated rings. The molecule has 0 aliphatic rings. The van der Waals surface area contributed by atoms with Crippen LogP contribution in [0.2, 0.25) is 0 Å². The van der Waals surface area contributed by atoms with E-state index in [0.29, 0.717) is 17.8 Å². The lowest BCUT2D eigenvalue weighted by molar-refractivity contribution is -0.0137. The number of aliphatic hydroxyl groups excluding tert-OH is 6. The molecule has 0 radical (unpaired) electrons. The Labute approximate surface area is 147 Å². The third-order valence-electron chi connectivity index (χ3n) is 3.97. The maximum Gasteiger partial charge on any atom is 0.103 e. The third-order valence-corrected chi connectivity index (χ3v) is 3.97. The van der Waals surface area contributed by atoms with Gasteiger partial charge in [0.05, 0.1) is 61.7 Å². The first-order valence-electron chi connectivity index (χ1n) is 8.40. The van der Waals surface area contributed by atoms with Crippen LogP contribution >= 0.6 is 0 Å². The van der Waals surface area contributed by atoms with Gasteiger partial charge in [-0.2, -0.15) is 0 Å². The molecular formula is C16H29N3O6. The fourth-order valence-corrected chi connectivity index (χ4v) is 2.40. The number of rotatable bonds is 12. The minimum atomic E-state index is -1.23. The van der Waals surface area contributed by atoms with E-state index >= 15 is 0 Å². The molecule has 0 bridgehead atoms. The minimum Gasteiger partial charge on any atom is -0.395 e. The predicted molar refractivity (Wildman–Crippen MR) is 89.6 cm³/mol. The summed E-state index contributed by atoms with van der Waals surface area (Å²) < 4.78 is 0. The van der Waals surface area contributed by atoms with Gasteiger partial charge in [0.15, 0.2) is 0 Å². The lowest BCUT2D eigenvalue weighted by Crippen LogP contribution is -2.46. The normalized spacial score (nSPS) is 17.7. The highest BCUT2D eigenvalue weighted by molar-refractivity contribution is 5.08. The van der Waals surface area contributed by atoms with Gasteiger partial charge in [-0.1, -0.05) is 13.3 Å². The summed E-state index contributed by atoms with van der Waals surface area (Å²) in [6.07, 6.45) is 1.12. The molecule has 7 N–H and O–H groups in total. The molecule has 9 heteroatoms. The summed E-state index contributed by atoms with van der Waals surface area (Å²) in [7, 11) is 0. The molecule has 9 nitrogen and oxygen atoms in total. The Morgan fingerprint density at radius 2 is 1.60 bits per heavy atom. The molecule has 0 aliphatic carbocycles. The van der Waals surface area contributed by atoms with Gasteiger partial charge in [-0.25, -0.2) is 0 Å². The molecule has 0 saturated carbocycles. The molecule has 25 heavy (non-hydrogen) atoms. The van der Waals surface area contributed by atoms with Crippen molar-refractivity contribution in [3.8, 4) is 0 Å².